The highest BCUT2D eigenvalue weighted by molar-refractivity contribution is 4.82. The summed E-state index contributed by atoms with van der Waals surface area (Å²) in [5.41, 5.74) is -1.39. The van der Waals surface area contributed by atoms with Gasteiger partial charge in [0.2, 0.25) is 0 Å². The molecule has 6 unspecified atom stereocenters. The van der Waals surface area contributed by atoms with Crippen molar-refractivity contribution < 1.29 is 29.5 Å². The summed E-state index contributed by atoms with van der Waals surface area (Å²) in [5.74, 6) is 0. The van der Waals surface area contributed by atoms with Gasteiger partial charge in [-0.2, -0.15) is 0 Å². The first kappa shape index (κ1) is 29.8. The van der Waals surface area contributed by atoms with Gasteiger partial charge in [-0.3, -0.25) is 0 Å². The molecule has 0 saturated heterocycles. The topological polar surface area (TPSA) is 88.4 Å². The van der Waals surface area contributed by atoms with Crippen molar-refractivity contribution in [3.8, 4) is 0 Å². The zero-order valence-electron chi connectivity index (χ0n) is 21.0. The molecule has 0 amide bonds. The van der Waals surface area contributed by atoms with E-state index in [1.54, 1.807) is 20.8 Å². The van der Waals surface area contributed by atoms with Crippen molar-refractivity contribution in [3.05, 3.63) is 0 Å². The Bertz CT molecular complexity index is 427. The van der Waals surface area contributed by atoms with Crippen LogP contribution in [0.4, 0.5) is 0 Å². The molecule has 0 heterocycles. The predicted molar refractivity (Wildman–Crippen MR) is 122 cm³/mol. The van der Waals surface area contributed by atoms with Crippen LogP contribution in [0.5, 0.6) is 0 Å². The molecular weight excluding hydrogens is 384 g/mol. The van der Waals surface area contributed by atoms with Gasteiger partial charge in [-0.1, -0.05) is 20.8 Å². The summed E-state index contributed by atoms with van der Waals surface area (Å²) in [7, 11) is 0. The second-order valence-electron chi connectivity index (χ2n) is 9.93. The van der Waals surface area contributed by atoms with E-state index in [2.05, 4.69) is 13.8 Å². The Morgan fingerprint density at radius 1 is 0.600 bits per heavy atom. The molecule has 0 saturated carbocycles. The highest BCUT2D eigenvalue weighted by Gasteiger charge is 2.33. The molecule has 0 aliphatic carbocycles. The molecule has 0 aliphatic rings. The lowest BCUT2D eigenvalue weighted by molar-refractivity contribution is -0.187. The Kier molecular flexibility index (Phi) is 13.2. The van der Waals surface area contributed by atoms with Crippen molar-refractivity contribution in [3.63, 3.8) is 0 Å². The molecule has 0 aromatic carbocycles. The lowest BCUT2D eigenvalue weighted by Gasteiger charge is -2.38. The molecule has 3 N–H and O–H groups in total. The van der Waals surface area contributed by atoms with Crippen LogP contribution in [-0.2, 0) is 14.2 Å². The fourth-order valence-electron chi connectivity index (χ4n) is 3.87. The maximum absolute atomic E-state index is 9.93. The molecule has 0 aliphatic heterocycles. The van der Waals surface area contributed by atoms with Gasteiger partial charge in [0, 0.05) is 19.3 Å². The third-order valence-corrected chi connectivity index (χ3v) is 6.11. The first-order valence-electron chi connectivity index (χ1n) is 11.7. The molecule has 0 rings (SSSR count). The highest BCUT2D eigenvalue weighted by atomic mass is 16.6. The minimum atomic E-state index is -0.495. The van der Waals surface area contributed by atoms with Crippen molar-refractivity contribution in [1.82, 2.24) is 0 Å². The van der Waals surface area contributed by atoms with Gasteiger partial charge in [0.15, 0.2) is 0 Å². The van der Waals surface area contributed by atoms with Gasteiger partial charge in [-0.05, 0) is 60.8 Å². The van der Waals surface area contributed by atoms with Crippen molar-refractivity contribution in [2.45, 2.75) is 142 Å². The molecule has 0 fully saturated rings. The number of hydrogen-bond acceptors (Lipinski definition) is 6. The van der Waals surface area contributed by atoms with Gasteiger partial charge in [-0.15, -0.1) is 0 Å². The lowest BCUT2D eigenvalue weighted by atomic mass is 9.94. The van der Waals surface area contributed by atoms with E-state index < -0.39 is 35.1 Å². The molecule has 30 heavy (non-hydrogen) atoms. The van der Waals surface area contributed by atoms with Crippen LogP contribution >= 0.6 is 0 Å². The van der Waals surface area contributed by atoms with Gasteiger partial charge in [0.05, 0.1) is 48.3 Å². The molecule has 0 bridgehead atoms. The van der Waals surface area contributed by atoms with Crippen LogP contribution in [0.25, 0.3) is 0 Å². The summed E-state index contributed by atoms with van der Waals surface area (Å²) in [5, 5.41) is 29.6. The Hall–Kier alpha value is -0.240. The van der Waals surface area contributed by atoms with E-state index in [1.807, 2.05) is 27.7 Å². The molecular formula is C24H50O6. The van der Waals surface area contributed by atoms with Gasteiger partial charge < -0.3 is 29.5 Å². The zero-order chi connectivity index (χ0) is 23.6. The van der Waals surface area contributed by atoms with Crippen LogP contribution in [0, 0.1) is 0 Å². The Morgan fingerprint density at radius 2 is 0.900 bits per heavy atom. The van der Waals surface area contributed by atoms with E-state index >= 15 is 0 Å². The minimum absolute atomic E-state index is 0.326. The monoisotopic (exact) mass is 434 g/mol. The molecule has 6 nitrogen and oxygen atoms in total. The molecule has 0 spiro atoms. The van der Waals surface area contributed by atoms with Crippen LogP contribution in [0.3, 0.4) is 0 Å². The fraction of sp³-hybridized carbons (Fsp3) is 1.00. The van der Waals surface area contributed by atoms with Crippen LogP contribution in [0.2, 0.25) is 0 Å². The molecule has 6 heteroatoms. The van der Waals surface area contributed by atoms with Gasteiger partial charge in [0.1, 0.15) is 6.10 Å². The summed E-state index contributed by atoms with van der Waals surface area (Å²) >= 11 is 0. The SMILES string of the molecule is CCC(C)(CC(C)O)OCC(COC(C)(CC)CC(C)O)OC(C)(CC)CC(C)O. The lowest BCUT2D eigenvalue weighted by Crippen LogP contribution is -2.44. The quantitative estimate of drug-likeness (QED) is 0.318. The second kappa shape index (κ2) is 13.3. The third kappa shape index (κ3) is 12.0. The first-order valence-corrected chi connectivity index (χ1v) is 11.7. The smallest absolute Gasteiger partial charge is 0.105 e. The van der Waals surface area contributed by atoms with Crippen LogP contribution in [-0.4, -0.2) is 69.8 Å². The number of ether oxygens (including phenoxy) is 3. The molecule has 6 atom stereocenters. The van der Waals surface area contributed by atoms with Crippen LogP contribution in [0.15, 0.2) is 0 Å². The van der Waals surface area contributed by atoms with Crippen molar-refractivity contribution in [2.24, 2.45) is 0 Å². The van der Waals surface area contributed by atoms with E-state index in [9.17, 15) is 15.3 Å². The first-order chi connectivity index (χ1) is 13.7. The number of hydrogen-bond donors (Lipinski definition) is 3. The number of rotatable bonds is 17. The van der Waals surface area contributed by atoms with E-state index in [-0.39, 0.29) is 6.10 Å². The molecule has 182 valence electrons. The van der Waals surface area contributed by atoms with Crippen molar-refractivity contribution >= 4 is 0 Å². The van der Waals surface area contributed by atoms with Crippen molar-refractivity contribution in [2.75, 3.05) is 13.2 Å². The predicted octanol–water partition coefficient (Wildman–Crippen LogP) is 4.22. The molecule has 0 aromatic heterocycles. The minimum Gasteiger partial charge on any atom is -0.393 e. The zero-order valence-corrected chi connectivity index (χ0v) is 21.0. The summed E-state index contributed by atoms with van der Waals surface area (Å²) in [6.07, 6.45) is 2.24. The normalized spacial score (nSPS) is 22.4. The highest BCUT2D eigenvalue weighted by Crippen LogP contribution is 2.28. The summed E-state index contributed by atoms with van der Waals surface area (Å²) in [6, 6.07) is 0. The number of aliphatic hydroxyl groups is 3. The Labute approximate surface area is 185 Å². The van der Waals surface area contributed by atoms with E-state index in [0.717, 1.165) is 19.3 Å². The van der Waals surface area contributed by atoms with Crippen LogP contribution in [0.1, 0.15) is 101 Å². The van der Waals surface area contributed by atoms with Crippen LogP contribution < -0.4 is 0 Å². The van der Waals surface area contributed by atoms with Crippen molar-refractivity contribution in [1.29, 1.82) is 0 Å². The van der Waals surface area contributed by atoms with Gasteiger partial charge >= 0.3 is 0 Å². The summed E-state index contributed by atoms with van der Waals surface area (Å²) in [6.45, 7) is 18.2. The maximum atomic E-state index is 9.93. The molecule has 0 aromatic rings. The average Bonchev–Trinajstić information content (AvgIpc) is 2.62. The third-order valence-electron chi connectivity index (χ3n) is 6.11. The summed E-state index contributed by atoms with van der Waals surface area (Å²) < 4.78 is 19.0. The van der Waals surface area contributed by atoms with E-state index in [0.29, 0.717) is 32.5 Å². The van der Waals surface area contributed by atoms with Gasteiger partial charge in [-0.25, -0.2) is 0 Å². The van der Waals surface area contributed by atoms with E-state index in [4.69, 9.17) is 14.2 Å². The Morgan fingerprint density at radius 3 is 1.17 bits per heavy atom. The standard InChI is InChI=1S/C24H50O6/c1-10-22(7,13-18(4)25)28-16-21(30-24(9,12-3)15-20(6)27)17-29-23(8,11-2)14-19(5)26/h18-21,25-27H,10-17H2,1-9H3. The molecule has 0 radical (unpaired) electrons. The largest absolute Gasteiger partial charge is 0.393 e. The fourth-order valence-corrected chi connectivity index (χ4v) is 3.87. The van der Waals surface area contributed by atoms with E-state index in [1.165, 1.54) is 0 Å². The summed E-state index contributed by atoms with van der Waals surface area (Å²) in [4.78, 5) is 0. The second-order valence-corrected chi connectivity index (χ2v) is 9.93. The average molecular weight is 435 g/mol. The van der Waals surface area contributed by atoms with Gasteiger partial charge in [0.25, 0.3) is 0 Å². The number of aliphatic hydroxyl groups excluding tert-OH is 3. The maximum Gasteiger partial charge on any atom is 0.105 e. The Balaban J connectivity index is 5.38.